The van der Waals surface area contributed by atoms with E-state index in [4.69, 9.17) is 0 Å². The molecule has 5 aliphatic carbocycles. The fraction of sp³-hybridized carbons (Fsp3) is 0.867. The maximum absolute atomic E-state index is 12.8. The predicted molar refractivity (Wildman–Crippen MR) is 136 cm³/mol. The fourth-order valence-electron chi connectivity index (χ4n) is 10.6. The molecular weight excluding hydrogens is 456 g/mol. The number of carboxylic acid groups (broad SMARTS) is 2. The predicted octanol–water partition coefficient (Wildman–Crippen LogP) is 5.27. The average molecular weight is 503 g/mol. The van der Waals surface area contributed by atoms with Crippen molar-refractivity contribution in [2.24, 2.45) is 50.2 Å². The number of hydrogen-bond donors (Lipinski definition) is 4. The Kier molecular flexibility index (Phi) is 5.69. The zero-order chi connectivity index (χ0) is 26.5. The van der Waals surface area contributed by atoms with E-state index in [1.165, 1.54) is 5.57 Å². The van der Waals surface area contributed by atoms with Crippen molar-refractivity contribution in [3.63, 3.8) is 0 Å². The summed E-state index contributed by atoms with van der Waals surface area (Å²) < 4.78 is 0. The van der Waals surface area contributed by atoms with Crippen molar-refractivity contribution >= 4 is 11.9 Å². The van der Waals surface area contributed by atoms with E-state index in [0.717, 1.165) is 38.5 Å². The smallest absolute Gasteiger partial charge is 0.312 e. The molecule has 5 rings (SSSR count). The monoisotopic (exact) mass is 502 g/mol. The van der Waals surface area contributed by atoms with Gasteiger partial charge in [0.15, 0.2) is 0 Å². The summed E-state index contributed by atoms with van der Waals surface area (Å²) in [6.07, 6.45) is 8.94. The first kappa shape index (κ1) is 26.2. The fourth-order valence-corrected chi connectivity index (χ4v) is 10.6. The Morgan fingerprint density at radius 1 is 0.889 bits per heavy atom. The van der Waals surface area contributed by atoms with Gasteiger partial charge < -0.3 is 20.4 Å². The first-order valence-electron chi connectivity index (χ1n) is 14.1. The Morgan fingerprint density at radius 2 is 1.56 bits per heavy atom. The van der Waals surface area contributed by atoms with Crippen molar-refractivity contribution in [1.29, 1.82) is 0 Å². The molecule has 0 aromatic carbocycles. The van der Waals surface area contributed by atoms with Crippen LogP contribution in [0.4, 0.5) is 0 Å². The van der Waals surface area contributed by atoms with Gasteiger partial charge in [-0.1, -0.05) is 39.3 Å². The van der Waals surface area contributed by atoms with Gasteiger partial charge in [0.05, 0.1) is 16.9 Å². The summed E-state index contributed by atoms with van der Waals surface area (Å²) in [5.74, 6) is -1.44. The van der Waals surface area contributed by atoms with Crippen LogP contribution in [0.15, 0.2) is 11.6 Å². The number of hydrogen-bond acceptors (Lipinski definition) is 4. The second kappa shape index (κ2) is 7.81. The van der Waals surface area contributed by atoms with Crippen LogP contribution in [0, 0.1) is 50.2 Å². The number of allylic oxidation sites excluding steroid dienone is 2. The van der Waals surface area contributed by atoms with Gasteiger partial charge in [-0.05, 0) is 111 Å². The molecule has 0 unspecified atom stereocenters. The maximum Gasteiger partial charge on any atom is 0.312 e. The quantitative estimate of drug-likeness (QED) is 0.391. The van der Waals surface area contributed by atoms with Crippen molar-refractivity contribution in [3.8, 4) is 0 Å². The summed E-state index contributed by atoms with van der Waals surface area (Å²) >= 11 is 0. The highest BCUT2D eigenvalue weighted by Crippen LogP contribution is 2.75. The van der Waals surface area contributed by atoms with Crippen molar-refractivity contribution in [1.82, 2.24) is 0 Å². The van der Waals surface area contributed by atoms with Crippen molar-refractivity contribution < 1.29 is 30.0 Å². The van der Waals surface area contributed by atoms with E-state index in [1.807, 2.05) is 0 Å². The molecule has 0 saturated heterocycles. The minimum Gasteiger partial charge on any atom is -0.481 e. The Hall–Kier alpha value is -1.40. The Morgan fingerprint density at radius 3 is 2.17 bits per heavy atom. The Balaban J connectivity index is 1.60. The van der Waals surface area contributed by atoms with E-state index in [0.29, 0.717) is 25.7 Å². The highest BCUT2D eigenvalue weighted by Gasteiger charge is 2.70. The summed E-state index contributed by atoms with van der Waals surface area (Å²) in [5.41, 5.74) is -1.27. The molecule has 4 saturated carbocycles. The summed E-state index contributed by atoms with van der Waals surface area (Å²) in [7, 11) is 0. The van der Waals surface area contributed by atoms with E-state index in [2.05, 4.69) is 33.8 Å². The van der Waals surface area contributed by atoms with Crippen LogP contribution >= 0.6 is 0 Å². The molecule has 0 aliphatic heterocycles. The molecule has 6 heteroatoms. The molecule has 0 aromatic heterocycles. The summed E-state index contributed by atoms with van der Waals surface area (Å²) in [6.45, 7) is 11.0. The van der Waals surface area contributed by atoms with Crippen LogP contribution in [0.1, 0.15) is 98.8 Å². The summed E-state index contributed by atoms with van der Waals surface area (Å²) in [4.78, 5) is 25.3. The van der Waals surface area contributed by atoms with Gasteiger partial charge in [0.25, 0.3) is 0 Å². The highest BCUT2D eigenvalue weighted by atomic mass is 16.4. The largest absolute Gasteiger partial charge is 0.481 e. The zero-order valence-corrected chi connectivity index (χ0v) is 22.8. The molecule has 0 radical (unpaired) electrons. The lowest BCUT2D eigenvalue weighted by molar-refractivity contribution is -0.217. The average Bonchev–Trinajstić information content (AvgIpc) is 2.82. The van der Waals surface area contributed by atoms with Gasteiger partial charge in [0.2, 0.25) is 0 Å². The standard InChI is InChI=1S/C30H46O6/c1-25(17-31)12-14-30(24(35)36)15-13-27(3)18(19(30)16-25)6-7-20-26(2)10-9-22(32)29(5,23(33)34)21(26)8-11-28(20,27)4/h6,19-22,31-32H,7-17H2,1-5H3,(H,33,34)(H,35,36)/t19-,20+,21+,22-,25+,26+,27+,28+,29+,30-/m0/s1. The third kappa shape index (κ3) is 2.98. The normalized spacial score (nSPS) is 54.2. The minimum atomic E-state index is -1.14. The van der Waals surface area contributed by atoms with E-state index in [9.17, 15) is 30.0 Å². The lowest BCUT2D eigenvalue weighted by Gasteiger charge is -2.70. The molecule has 0 heterocycles. The molecule has 5 aliphatic rings. The number of aliphatic hydroxyl groups is 2. The number of rotatable bonds is 3. The SMILES string of the molecule is C[C@@]1(CO)CC[C@]2(C(=O)O)CC[C@]3(C)C(=CC[C@@H]4[C@@]5(C)CC[C@H](O)[C@](C)(C(=O)O)[C@@H]5CC[C@]43C)[C@@H]2C1. The van der Waals surface area contributed by atoms with Gasteiger partial charge >= 0.3 is 11.9 Å². The number of aliphatic hydroxyl groups excluding tert-OH is 2. The lowest BCUT2D eigenvalue weighted by Crippen LogP contribution is -2.66. The molecular formula is C30H46O6. The van der Waals surface area contributed by atoms with Gasteiger partial charge in [-0.25, -0.2) is 0 Å². The van der Waals surface area contributed by atoms with Crippen molar-refractivity contribution in [2.45, 2.75) is 105 Å². The van der Waals surface area contributed by atoms with E-state index >= 15 is 0 Å². The van der Waals surface area contributed by atoms with Crippen LogP contribution in [0.5, 0.6) is 0 Å². The van der Waals surface area contributed by atoms with Crippen LogP contribution in [-0.4, -0.2) is 45.1 Å². The van der Waals surface area contributed by atoms with Crippen LogP contribution in [-0.2, 0) is 9.59 Å². The first-order valence-corrected chi connectivity index (χ1v) is 14.1. The summed E-state index contributed by atoms with van der Waals surface area (Å²) in [6, 6.07) is 0. The number of aliphatic carboxylic acids is 2. The minimum absolute atomic E-state index is 0.0677. The van der Waals surface area contributed by atoms with Crippen LogP contribution < -0.4 is 0 Å². The maximum atomic E-state index is 12.8. The van der Waals surface area contributed by atoms with Gasteiger partial charge in [-0.2, -0.15) is 0 Å². The van der Waals surface area contributed by atoms with Gasteiger partial charge in [-0.15, -0.1) is 0 Å². The molecule has 202 valence electrons. The van der Waals surface area contributed by atoms with Gasteiger partial charge in [0.1, 0.15) is 0 Å². The van der Waals surface area contributed by atoms with Gasteiger partial charge in [-0.3, -0.25) is 9.59 Å². The molecule has 0 bridgehead atoms. The topological polar surface area (TPSA) is 115 Å². The van der Waals surface area contributed by atoms with E-state index < -0.39 is 28.9 Å². The first-order chi connectivity index (χ1) is 16.6. The van der Waals surface area contributed by atoms with Crippen LogP contribution in [0.3, 0.4) is 0 Å². The number of carbonyl (C=O) groups is 2. The van der Waals surface area contributed by atoms with Gasteiger partial charge in [0, 0.05) is 6.61 Å². The third-order valence-corrected chi connectivity index (χ3v) is 13.4. The third-order valence-electron chi connectivity index (χ3n) is 13.4. The second-order valence-corrected chi connectivity index (χ2v) is 14.6. The zero-order valence-electron chi connectivity index (χ0n) is 22.8. The van der Waals surface area contributed by atoms with Crippen LogP contribution in [0.2, 0.25) is 0 Å². The molecule has 10 atom stereocenters. The van der Waals surface area contributed by atoms with E-state index in [1.54, 1.807) is 6.92 Å². The molecule has 0 amide bonds. The summed E-state index contributed by atoms with van der Waals surface area (Å²) in [5, 5.41) is 41.8. The number of carboxylic acids is 2. The molecule has 36 heavy (non-hydrogen) atoms. The Labute approximate surface area is 215 Å². The second-order valence-electron chi connectivity index (χ2n) is 14.6. The van der Waals surface area contributed by atoms with Crippen LogP contribution in [0.25, 0.3) is 0 Å². The lowest BCUT2D eigenvalue weighted by atomic mass is 9.33. The molecule has 0 aromatic rings. The number of fused-ring (bicyclic) bond motifs is 7. The van der Waals surface area contributed by atoms with Crippen molar-refractivity contribution in [3.05, 3.63) is 11.6 Å². The Bertz CT molecular complexity index is 1010. The molecule has 0 spiro atoms. The molecule has 6 nitrogen and oxygen atoms in total. The molecule has 4 fully saturated rings. The highest BCUT2D eigenvalue weighted by molar-refractivity contribution is 5.77. The van der Waals surface area contributed by atoms with E-state index in [-0.39, 0.29) is 46.0 Å². The molecule has 4 N–H and O–H groups in total. The van der Waals surface area contributed by atoms with Crippen molar-refractivity contribution in [2.75, 3.05) is 6.61 Å².